The molecule has 0 radical (unpaired) electrons. The normalized spacial score (nSPS) is 13.3. The van der Waals surface area contributed by atoms with Gasteiger partial charge in [-0.05, 0) is 43.0 Å². The van der Waals surface area contributed by atoms with Crippen LogP contribution < -0.4 is 4.74 Å². The van der Waals surface area contributed by atoms with Gasteiger partial charge < -0.3 is 4.74 Å². The van der Waals surface area contributed by atoms with E-state index >= 15 is 0 Å². The number of rotatable bonds is 3. The van der Waals surface area contributed by atoms with Gasteiger partial charge in [-0.15, -0.1) is 11.8 Å². The van der Waals surface area contributed by atoms with Gasteiger partial charge in [-0.2, -0.15) is 0 Å². The highest BCUT2D eigenvalue weighted by Gasteiger charge is 2.15. The molecule has 3 nitrogen and oxygen atoms in total. The van der Waals surface area contributed by atoms with Gasteiger partial charge in [0.15, 0.2) is 0 Å². The Morgan fingerprint density at radius 1 is 0.815 bits per heavy atom. The average molecular weight is 372 g/mol. The van der Waals surface area contributed by atoms with Crippen molar-refractivity contribution in [1.29, 1.82) is 0 Å². The van der Waals surface area contributed by atoms with Crippen molar-refractivity contribution in [3.05, 3.63) is 83.9 Å². The highest BCUT2D eigenvalue weighted by Crippen LogP contribution is 2.37. The second kappa shape index (κ2) is 7.80. The number of nitrogens with zero attached hydrogens (tertiary/aromatic N) is 2. The molecule has 134 valence electrons. The number of ether oxygens (including phenoxy) is 1. The molecule has 0 amide bonds. The largest absolute Gasteiger partial charge is 0.457 e. The summed E-state index contributed by atoms with van der Waals surface area (Å²) in [6.07, 6.45) is 2.79. The molecule has 0 N–H and O–H groups in total. The molecular formula is C23H20N2OS. The van der Waals surface area contributed by atoms with Gasteiger partial charge in [0.1, 0.15) is 11.5 Å². The van der Waals surface area contributed by atoms with E-state index in [0.717, 1.165) is 45.6 Å². The Kier molecular flexibility index (Phi) is 5.07. The third kappa shape index (κ3) is 4.12. The molecule has 0 aromatic heterocycles. The lowest BCUT2D eigenvalue weighted by molar-refractivity contribution is 0.483. The summed E-state index contributed by atoms with van der Waals surface area (Å²) in [5.41, 5.74) is 5.11. The molecule has 0 unspecified atom stereocenters. The van der Waals surface area contributed by atoms with E-state index in [-0.39, 0.29) is 0 Å². The SMILES string of the molecule is CSC1=Nc2ccc(Oc3ccccc3)cc2N=C(c2ccc(C)cc2)C1. The van der Waals surface area contributed by atoms with Crippen molar-refractivity contribution in [2.24, 2.45) is 9.98 Å². The van der Waals surface area contributed by atoms with Crippen molar-refractivity contribution < 1.29 is 4.74 Å². The summed E-state index contributed by atoms with van der Waals surface area (Å²) in [6.45, 7) is 2.09. The number of thioether (sulfide) groups is 1. The third-order valence-electron chi connectivity index (χ3n) is 4.37. The maximum absolute atomic E-state index is 5.97. The highest BCUT2D eigenvalue weighted by molar-refractivity contribution is 8.13. The molecule has 4 rings (SSSR count). The van der Waals surface area contributed by atoms with Gasteiger partial charge in [0.2, 0.25) is 0 Å². The number of aliphatic imine (C=N–C) groups is 2. The first-order valence-corrected chi connectivity index (χ1v) is 10.1. The van der Waals surface area contributed by atoms with Crippen molar-refractivity contribution in [2.75, 3.05) is 6.26 Å². The minimum Gasteiger partial charge on any atom is -0.457 e. The first-order chi connectivity index (χ1) is 13.2. The van der Waals surface area contributed by atoms with Crippen LogP contribution in [0.25, 0.3) is 0 Å². The van der Waals surface area contributed by atoms with Crippen molar-refractivity contribution in [1.82, 2.24) is 0 Å². The third-order valence-corrected chi connectivity index (χ3v) is 5.07. The van der Waals surface area contributed by atoms with Crippen LogP contribution in [0.2, 0.25) is 0 Å². The number of hydrogen-bond acceptors (Lipinski definition) is 4. The van der Waals surface area contributed by atoms with E-state index in [2.05, 4.69) is 37.4 Å². The van der Waals surface area contributed by atoms with Crippen LogP contribution in [0.4, 0.5) is 11.4 Å². The van der Waals surface area contributed by atoms with E-state index in [1.54, 1.807) is 11.8 Å². The molecule has 1 heterocycles. The fourth-order valence-electron chi connectivity index (χ4n) is 2.91. The molecule has 0 saturated heterocycles. The monoisotopic (exact) mass is 372 g/mol. The number of benzene rings is 3. The molecule has 0 aliphatic carbocycles. The molecule has 0 atom stereocenters. The molecular weight excluding hydrogens is 352 g/mol. The lowest BCUT2D eigenvalue weighted by Crippen LogP contribution is -2.05. The summed E-state index contributed by atoms with van der Waals surface area (Å²) >= 11 is 1.67. The van der Waals surface area contributed by atoms with Gasteiger partial charge in [-0.25, -0.2) is 9.98 Å². The van der Waals surface area contributed by atoms with Crippen molar-refractivity contribution in [3.8, 4) is 11.5 Å². The minimum absolute atomic E-state index is 0.730. The molecule has 0 bridgehead atoms. The van der Waals surface area contributed by atoms with Gasteiger partial charge in [-0.3, -0.25) is 0 Å². The van der Waals surface area contributed by atoms with E-state index in [4.69, 9.17) is 14.7 Å². The van der Waals surface area contributed by atoms with Crippen molar-refractivity contribution in [2.45, 2.75) is 13.3 Å². The van der Waals surface area contributed by atoms with Crippen LogP contribution in [-0.4, -0.2) is 17.0 Å². The van der Waals surface area contributed by atoms with Gasteiger partial charge in [0.05, 0.1) is 22.1 Å². The first-order valence-electron chi connectivity index (χ1n) is 8.84. The fourth-order valence-corrected chi connectivity index (χ4v) is 3.38. The lowest BCUT2D eigenvalue weighted by Gasteiger charge is -2.08. The Bertz CT molecular complexity index is 1010. The van der Waals surface area contributed by atoms with Crippen LogP contribution in [0, 0.1) is 6.92 Å². The fraction of sp³-hybridized carbons (Fsp3) is 0.130. The molecule has 1 aliphatic heterocycles. The summed E-state index contributed by atoms with van der Waals surface area (Å²) in [5, 5.41) is 1.06. The molecule has 1 aliphatic rings. The second-order valence-corrected chi connectivity index (χ2v) is 7.26. The second-order valence-electron chi connectivity index (χ2n) is 6.38. The van der Waals surface area contributed by atoms with Crippen molar-refractivity contribution in [3.63, 3.8) is 0 Å². The van der Waals surface area contributed by atoms with Crippen LogP contribution >= 0.6 is 11.8 Å². The summed E-state index contributed by atoms with van der Waals surface area (Å²) < 4.78 is 5.97. The average Bonchev–Trinajstić information content (AvgIpc) is 2.88. The lowest BCUT2D eigenvalue weighted by atomic mass is 10.1. The number of fused-ring (bicyclic) bond motifs is 1. The number of hydrogen-bond donors (Lipinski definition) is 0. The predicted molar refractivity (Wildman–Crippen MR) is 116 cm³/mol. The molecule has 3 aromatic rings. The van der Waals surface area contributed by atoms with E-state index in [1.165, 1.54) is 5.56 Å². The Morgan fingerprint density at radius 3 is 2.33 bits per heavy atom. The molecule has 0 fully saturated rings. The Morgan fingerprint density at radius 2 is 1.59 bits per heavy atom. The maximum atomic E-state index is 5.97. The zero-order valence-corrected chi connectivity index (χ0v) is 16.2. The van der Waals surface area contributed by atoms with Crippen LogP contribution in [0.15, 0.2) is 82.8 Å². The first kappa shape index (κ1) is 17.6. The summed E-state index contributed by atoms with van der Waals surface area (Å²) in [6, 6.07) is 24.1. The minimum atomic E-state index is 0.730. The summed E-state index contributed by atoms with van der Waals surface area (Å²) in [5.74, 6) is 1.57. The number of para-hydroxylation sites is 1. The maximum Gasteiger partial charge on any atom is 0.129 e. The highest BCUT2D eigenvalue weighted by atomic mass is 32.2. The summed E-state index contributed by atoms with van der Waals surface area (Å²) in [7, 11) is 0. The zero-order chi connectivity index (χ0) is 18.6. The predicted octanol–water partition coefficient (Wildman–Crippen LogP) is 6.70. The van der Waals surface area contributed by atoms with Crippen LogP contribution in [-0.2, 0) is 0 Å². The van der Waals surface area contributed by atoms with Crippen LogP contribution in [0.1, 0.15) is 17.5 Å². The molecule has 0 spiro atoms. The van der Waals surface area contributed by atoms with E-state index in [0.29, 0.717) is 0 Å². The molecule has 27 heavy (non-hydrogen) atoms. The van der Waals surface area contributed by atoms with E-state index < -0.39 is 0 Å². The quantitative estimate of drug-likeness (QED) is 0.512. The van der Waals surface area contributed by atoms with Gasteiger partial charge >= 0.3 is 0 Å². The van der Waals surface area contributed by atoms with Crippen LogP contribution in [0.3, 0.4) is 0 Å². The van der Waals surface area contributed by atoms with Crippen LogP contribution in [0.5, 0.6) is 11.5 Å². The van der Waals surface area contributed by atoms with E-state index in [1.807, 2.05) is 48.5 Å². The molecule has 0 saturated carbocycles. The standard InChI is InChI=1S/C23H20N2OS/c1-16-8-10-17(11-9-16)21-15-23(27-2)25-20-13-12-19(14-22(20)24-21)26-18-6-4-3-5-7-18/h3-14H,15H2,1-2H3. The smallest absolute Gasteiger partial charge is 0.129 e. The van der Waals surface area contributed by atoms with Gasteiger partial charge in [-0.1, -0.05) is 48.0 Å². The van der Waals surface area contributed by atoms with Gasteiger partial charge in [0.25, 0.3) is 0 Å². The van der Waals surface area contributed by atoms with Gasteiger partial charge in [0, 0.05) is 12.5 Å². The Balaban J connectivity index is 1.74. The Labute approximate surface area is 163 Å². The number of aryl methyl sites for hydroxylation is 1. The zero-order valence-electron chi connectivity index (χ0n) is 15.3. The molecule has 4 heteroatoms. The topological polar surface area (TPSA) is 34.0 Å². The Hall–Kier alpha value is -2.85. The molecule has 3 aromatic carbocycles. The van der Waals surface area contributed by atoms with E-state index in [9.17, 15) is 0 Å². The summed E-state index contributed by atoms with van der Waals surface area (Å²) in [4.78, 5) is 9.76. The van der Waals surface area contributed by atoms with Crippen molar-refractivity contribution >= 4 is 33.9 Å².